The van der Waals surface area contributed by atoms with E-state index in [4.69, 9.17) is 0 Å². The summed E-state index contributed by atoms with van der Waals surface area (Å²) in [5.74, 6) is -0.224. The normalized spacial score (nSPS) is 12.2. The molecule has 0 spiro atoms. The summed E-state index contributed by atoms with van der Waals surface area (Å²) in [5, 5.41) is 3.55. The Kier molecular flexibility index (Phi) is 4.81. The van der Waals surface area contributed by atoms with Crippen molar-refractivity contribution in [3.05, 3.63) is 63.4 Å². The van der Waals surface area contributed by atoms with Crippen LogP contribution in [-0.4, -0.2) is 0 Å². The summed E-state index contributed by atoms with van der Waals surface area (Å²) in [6.45, 7) is 6.34. The number of rotatable bonds is 4. The smallest absolute Gasteiger partial charge is 0.124 e. The van der Waals surface area contributed by atoms with Gasteiger partial charge in [0.1, 0.15) is 5.82 Å². The Hall–Kier alpha value is -1.35. The lowest BCUT2D eigenvalue weighted by atomic mass is 10.0. The second kappa shape index (κ2) is 6.40. The Labute approximate surface area is 128 Å². The predicted octanol–water partition coefficient (Wildman–Crippen LogP) is 5.63. The van der Waals surface area contributed by atoms with Crippen LogP contribution in [-0.2, 0) is 6.42 Å². The third-order valence-corrected chi connectivity index (χ3v) is 4.22. The summed E-state index contributed by atoms with van der Waals surface area (Å²) in [4.78, 5) is 0. The highest BCUT2D eigenvalue weighted by molar-refractivity contribution is 9.10. The van der Waals surface area contributed by atoms with E-state index in [2.05, 4.69) is 60.2 Å². The monoisotopic (exact) mass is 335 g/mol. The van der Waals surface area contributed by atoms with Crippen molar-refractivity contribution in [3.63, 3.8) is 0 Å². The van der Waals surface area contributed by atoms with Gasteiger partial charge in [-0.15, -0.1) is 0 Å². The first-order chi connectivity index (χ1) is 9.52. The van der Waals surface area contributed by atoms with E-state index >= 15 is 0 Å². The van der Waals surface area contributed by atoms with Gasteiger partial charge in [0.05, 0.1) is 0 Å². The van der Waals surface area contributed by atoms with Crippen molar-refractivity contribution in [2.45, 2.75) is 33.2 Å². The minimum Gasteiger partial charge on any atom is -0.378 e. The van der Waals surface area contributed by atoms with Crippen molar-refractivity contribution in [1.82, 2.24) is 0 Å². The third-order valence-electron chi connectivity index (χ3n) is 3.53. The molecular formula is C17H19BrFN. The zero-order valence-corrected chi connectivity index (χ0v) is 13.6. The largest absolute Gasteiger partial charge is 0.378 e. The van der Waals surface area contributed by atoms with Crippen LogP contribution < -0.4 is 5.32 Å². The number of anilines is 1. The molecule has 0 aliphatic carbocycles. The van der Waals surface area contributed by atoms with Crippen LogP contribution in [0.4, 0.5) is 10.1 Å². The summed E-state index contributed by atoms with van der Waals surface area (Å²) in [7, 11) is 0. The van der Waals surface area contributed by atoms with Crippen LogP contribution in [0.1, 0.15) is 36.6 Å². The Balaban J connectivity index is 2.30. The molecule has 0 saturated carbocycles. The van der Waals surface area contributed by atoms with E-state index in [1.165, 1.54) is 28.9 Å². The van der Waals surface area contributed by atoms with Gasteiger partial charge in [-0.3, -0.25) is 0 Å². The maximum atomic E-state index is 13.2. The van der Waals surface area contributed by atoms with Crippen LogP contribution in [0.3, 0.4) is 0 Å². The van der Waals surface area contributed by atoms with Gasteiger partial charge >= 0.3 is 0 Å². The first-order valence-corrected chi connectivity index (χ1v) is 7.62. The zero-order chi connectivity index (χ0) is 14.7. The maximum Gasteiger partial charge on any atom is 0.124 e. The fourth-order valence-corrected chi connectivity index (χ4v) is 3.07. The van der Waals surface area contributed by atoms with E-state index in [0.717, 1.165) is 16.5 Å². The molecule has 0 saturated heterocycles. The van der Waals surface area contributed by atoms with Crippen LogP contribution in [0.15, 0.2) is 40.9 Å². The number of para-hydroxylation sites is 1. The van der Waals surface area contributed by atoms with Gasteiger partial charge in [0, 0.05) is 16.2 Å². The molecule has 0 heterocycles. The molecule has 2 rings (SSSR count). The molecule has 2 aromatic carbocycles. The molecule has 1 unspecified atom stereocenters. The number of nitrogens with one attached hydrogen (secondary N) is 1. The van der Waals surface area contributed by atoms with Gasteiger partial charge in [-0.25, -0.2) is 4.39 Å². The third kappa shape index (κ3) is 3.21. The Morgan fingerprint density at radius 2 is 2.00 bits per heavy atom. The topological polar surface area (TPSA) is 12.0 Å². The highest BCUT2D eigenvalue weighted by Crippen LogP contribution is 2.30. The molecule has 0 aliphatic rings. The molecule has 0 aliphatic heterocycles. The van der Waals surface area contributed by atoms with Crippen LogP contribution in [0, 0.1) is 12.7 Å². The summed E-state index contributed by atoms with van der Waals surface area (Å²) in [6, 6.07) is 11.3. The first-order valence-electron chi connectivity index (χ1n) is 6.83. The average molecular weight is 336 g/mol. The molecule has 0 bridgehead atoms. The van der Waals surface area contributed by atoms with Crippen LogP contribution in [0.5, 0.6) is 0 Å². The van der Waals surface area contributed by atoms with Crippen LogP contribution >= 0.6 is 15.9 Å². The van der Waals surface area contributed by atoms with Crippen molar-refractivity contribution in [2.24, 2.45) is 0 Å². The lowest BCUT2D eigenvalue weighted by molar-refractivity contribution is 0.625. The summed E-state index contributed by atoms with van der Waals surface area (Å²) >= 11 is 3.44. The highest BCUT2D eigenvalue weighted by Gasteiger charge is 2.12. The molecule has 20 heavy (non-hydrogen) atoms. The van der Waals surface area contributed by atoms with Gasteiger partial charge in [-0.05, 0) is 49.1 Å². The molecule has 2 aromatic rings. The molecule has 1 nitrogen and oxygen atoms in total. The Bertz CT molecular complexity index is 610. The molecule has 0 radical (unpaired) electrons. The van der Waals surface area contributed by atoms with Gasteiger partial charge in [0.15, 0.2) is 0 Å². The lowest BCUT2D eigenvalue weighted by Crippen LogP contribution is -2.10. The summed E-state index contributed by atoms with van der Waals surface area (Å²) in [5.41, 5.74) is 4.76. The molecule has 3 heteroatoms. The van der Waals surface area contributed by atoms with E-state index in [0.29, 0.717) is 0 Å². The highest BCUT2D eigenvalue weighted by atomic mass is 79.9. The van der Waals surface area contributed by atoms with Crippen LogP contribution in [0.2, 0.25) is 0 Å². The van der Waals surface area contributed by atoms with Crippen LogP contribution in [0.25, 0.3) is 0 Å². The van der Waals surface area contributed by atoms with E-state index in [1.54, 1.807) is 0 Å². The standard InChI is InChI=1S/C17H19BrFN/c1-4-13-7-5-6-11(2)17(13)20-12(3)15-9-8-14(19)10-16(15)18/h5-10,12,20H,4H2,1-3H3. The number of halogens is 2. The predicted molar refractivity (Wildman–Crippen MR) is 86.7 cm³/mol. The number of hydrogen-bond acceptors (Lipinski definition) is 1. The molecule has 1 N–H and O–H groups in total. The van der Waals surface area contributed by atoms with Crippen molar-refractivity contribution in [1.29, 1.82) is 0 Å². The molecule has 0 aromatic heterocycles. The maximum absolute atomic E-state index is 13.2. The summed E-state index contributed by atoms with van der Waals surface area (Å²) < 4.78 is 14.0. The molecule has 106 valence electrons. The van der Waals surface area contributed by atoms with Crippen molar-refractivity contribution in [2.75, 3.05) is 5.32 Å². The average Bonchev–Trinajstić information content (AvgIpc) is 2.40. The number of aryl methyl sites for hydroxylation is 2. The molecule has 0 fully saturated rings. The number of hydrogen-bond donors (Lipinski definition) is 1. The minimum atomic E-state index is -0.224. The Morgan fingerprint density at radius 1 is 1.25 bits per heavy atom. The quantitative estimate of drug-likeness (QED) is 0.763. The molecular weight excluding hydrogens is 317 g/mol. The van der Waals surface area contributed by atoms with Gasteiger partial charge in [0.25, 0.3) is 0 Å². The Morgan fingerprint density at radius 3 is 2.65 bits per heavy atom. The first kappa shape index (κ1) is 15.0. The van der Waals surface area contributed by atoms with Gasteiger partial charge in [-0.1, -0.05) is 47.1 Å². The van der Waals surface area contributed by atoms with Crippen molar-refractivity contribution < 1.29 is 4.39 Å². The SMILES string of the molecule is CCc1cccc(C)c1NC(C)c1ccc(F)cc1Br. The van der Waals surface area contributed by atoms with E-state index in [-0.39, 0.29) is 11.9 Å². The van der Waals surface area contributed by atoms with E-state index in [9.17, 15) is 4.39 Å². The fourth-order valence-electron chi connectivity index (χ4n) is 2.38. The lowest BCUT2D eigenvalue weighted by Gasteiger charge is -2.21. The second-order valence-corrected chi connectivity index (χ2v) is 5.85. The fraction of sp³-hybridized carbons (Fsp3) is 0.294. The van der Waals surface area contributed by atoms with Gasteiger partial charge in [0.2, 0.25) is 0 Å². The van der Waals surface area contributed by atoms with Crippen molar-refractivity contribution in [3.8, 4) is 0 Å². The minimum absolute atomic E-state index is 0.108. The van der Waals surface area contributed by atoms with Gasteiger partial charge < -0.3 is 5.32 Å². The second-order valence-electron chi connectivity index (χ2n) is 4.99. The van der Waals surface area contributed by atoms with Crippen molar-refractivity contribution >= 4 is 21.6 Å². The zero-order valence-electron chi connectivity index (χ0n) is 12.0. The van der Waals surface area contributed by atoms with Gasteiger partial charge in [-0.2, -0.15) is 0 Å². The van der Waals surface area contributed by atoms with E-state index < -0.39 is 0 Å². The molecule has 1 atom stereocenters. The summed E-state index contributed by atoms with van der Waals surface area (Å²) in [6.07, 6.45) is 0.987. The number of benzene rings is 2. The van der Waals surface area contributed by atoms with E-state index in [1.807, 2.05) is 6.07 Å². The molecule has 0 amide bonds.